The second-order valence-electron chi connectivity index (χ2n) is 3.30. The topological polar surface area (TPSA) is 68.1 Å². The predicted octanol–water partition coefficient (Wildman–Crippen LogP) is 4.08. The molecule has 0 bridgehead atoms. The van der Waals surface area contributed by atoms with Crippen LogP contribution in [0.15, 0.2) is 28.1 Å². The van der Waals surface area contributed by atoms with Crippen molar-refractivity contribution in [2.45, 2.75) is 6.54 Å². The number of halogens is 2. The van der Waals surface area contributed by atoms with Crippen LogP contribution in [0.4, 0.5) is 11.5 Å². The van der Waals surface area contributed by atoms with Crippen molar-refractivity contribution >= 4 is 50.4 Å². The molecule has 0 unspecified atom stereocenters. The highest BCUT2D eigenvalue weighted by molar-refractivity contribution is 9.10. The zero-order chi connectivity index (χ0) is 13.1. The van der Waals surface area contributed by atoms with Crippen molar-refractivity contribution < 1.29 is 4.92 Å². The Morgan fingerprint density at radius 1 is 1.50 bits per heavy atom. The summed E-state index contributed by atoms with van der Waals surface area (Å²) < 4.78 is 0.963. The molecule has 2 aromatic heterocycles. The number of hydrogen-bond donors (Lipinski definition) is 1. The van der Waals surface area contributed by atoms with E-state index < -0.39 is 4.92 Å². The Kier molecular flexibility index (Phi) is 4.15. The molecule has 94 valence electrons. The minimum absolute atomic E-state index is 0.0907. The number of rotatable bonds is 4. The molecule has 0 aromatic carbocycles. The van der Waals surface area contributed by atoms with Gasteiger partial charge >= 0.3 is 5.69 Å². The zero-order valence-corrected chi connectivity index (χ0v) is 12.1. The number of nitrogens with one attached hydrogen (secondary N) is 1. The van der Waals surface area contributed by atoms with E-state index >= 15 is 0 Å². The molecule has 0 aliphatic heterocycles. The number of anilines is 1. The summed E-state index contributed by atoms with van der Waals surface area (Å²) in [6.45, 7) is 0.451. The molecule has 0 atom stereocenters. The molecule has 18 heavy (non-hydrogen) atoms. The summed E-state index contributed by atoms with van der Waals surface area (Å²) in [4.78, 5) is 15.3. The number of aromatic nitrogens is 1. The maximum Gasteiger partial charge on any atom is 0.311 e. The molecule has 1 N–H and O–H groups in total. The standard InChI is InChI=1S/C10H7BrClN3O2S/c11-6-3-4-18-8(6)5-13-10-7(15(16)17)1-2-9(12)14-10/h1-4H,5H2,(H,13,14). The van der Waals surface area contributed by atoms with Gasteiger partial charge < -0.3 is 5.32 Å². The molecular weight excluding hydrogens is 342 g/mol. The van der Waals surface area contributed by atoms with E-state index in [1.807, 2.05) is 11.4 Å². The lowest BCUT2D eigenvalue weighted by Gasteiger charge is -2.05. The molecule has 2 rings (SSSR count). The van der Waals surface area contributed by atoms with Gasteiger partial charge in [0.15, 0.2) is 0 Å². The first kappa shape index (κ1) is 13.3. The third kappa shape index (κ3) is 2.98. The molecule has 2 aromatic rings. The van der Waals surface area contributed by atoms with Gasteiger partial charge in [-0.1, -0.05) is 11.6 Å². The van der Waals surface area contributed by atoms with Crippen LogP contribution in [-0.2, 0) is 6.54 Å². The average Bonchev–Trinajstić information content (AvgIpc) is 2.72. The molecule has 5 nitrogen and oxygen atoms in total. The van der Waals surface area contributed by atoms with Crippen LogP contribution in [0.2, 0.25) is 5.15 Å². The first-order valence-corrected chi connectivity index (χ1v) is 6.89. The quantitative estimate of drug-likeness (QED) is 0.513. The zero-order valence-electron chi connectivity index (χ0n) is 8.89. The van der Waals surface area contributed by atoms with Gasteiger partial charge in [-0.05, 0) is 33.4 Å². The Bertz CT molecular complexity index is 590. The summed E-state index contributed by atoms with van der Waals surface area (Å²) in [7, 11) is 0. The van der Waals surface area contributed by atoms with Gasteiger partial charge in [-0.25, -0.2) is 4.98 Å². The smallest absolute Gasteiger partial charge is 0.311 e. The molecule has 0 radical (unpaired) electrons. The fraction of sp³-hybridized carbons (Fsp3) is 0.100. The molecule has 0 aliphatic rings. The molecule has 0 fully saturated rings. The van der Waals surface area contributed by atoms with Gasteiger partial charge in [-0.2, -0.15) is 0 Å². The van der Waals surface area contributed by atoms with Crippen molar-refractivity contribution in [3.63, 3.8) is 0 Å². The SMILES string of the molecule is O=[N+]([O-])c1ccc(Cl)nc1NCc1sccc1Br. The van der Waals surface area contributed by atoms with Crippen LogP contribution in [0.3, 0.4) is 0 Å². The van der Waals surface area contributed by atoms with Gasteiger partial charge in [0, 0.05) is 15.4 Å². The second kappa shape index (κ2) is 5.64. The number of nitrogens with zero attached hydrogens (tertiary/aromatic N) is 2. The minimum Gasteiger partial charge on any atom is -0.359 e. The number of pyridine rings is 1. The summed E-state index contributed by atoms with van der Waals surface area (Å²) in [6.07, 6.45) is 0. The van der Waals surface area contributed by atoms with Crippen molar-refractivity contribution in [1.82, 2.24) is 4.98 Å². The monoisotopic (exact) mass is 347 g/mol. The van der Waals surface area contributed by atoms with Gasteiger partial charge in [0.25, 0.3) is 0 Å². The van der Waals surface area contributed by atoms with Crippen molar-refractivity contribution in [2.24, 2.45) is 0 Å². The van der Waals surface area contributed by atoms with E-state index in [0.717, 1.165) is 9.35 Å². The maximum atomic E-state index is 10.8. The highest BCUT2D eigenvalue weighted by Crippen LogP contribution is 2.27. The number of thiophene rings is 1. The van der Waals surface area contributed by atoms with E-state index in [4.69, 9.17) is 11.6 Å². The summed E-state index contributed by atoms with van der Waals surface area (Å²) >= 11 is 10.7. The largest absolute Gasteiger partial charge is 0.359 e. The van der Waals surface area contributed by atoms with E-state index in [0.29, 0.717) is 6.54 Å². The first-order chi connectivity index (χ1) is 8.58. The lowest BCUT2D eigenvalue weighted by atomic mass is 10.4. The van der Waals surface area contributed by atoms with Gasteiger partial charge in [0.2, 0.25) is 5.82 Å². The van der Waals surface area contributed by atoms with E-state index in [9.17, 15) is 10.1 Å². The normalized spacial score (nSPS) is 10.3. The van der Waals surface area contributed by atoms with Crippen molar-refractivity contribution in [2.75, 3.05) is 5.32 Å². The number of hydrogen-bond acceptors (Lipinski definition) is 5. The van der Waals surface area contributed by atoms with E-state index in [2.05, 4.69) is 26.2 Å². The van der Waals surface area contributed by atoms with Gasteiger partial charge in [-0.3, -0.25) is 10.1 Å². The summed E-state index contributed by atoms with van der Waals surface area (Å²) in [6, 6.07) is 4.65. The lowest BCUT2D eigenvalue weighted by Crippen LogP contribution is -2.04. The van der Waals surface area contributed by atoms with Gasteiger partial charge in [0.1, 0.15) is 5.15 Å². The Labute approximate surface area is 120 Å². The predicted molar refractivity (Wildman–Crippen MR) is 75.2 cm³/mol. The molecule has 0 aliphatic carbocycles. The van der Waals surface area contributed by atoms with E-state index in [1.54, 1.807) is 11.3 Å². The summed E-state index contributed by atoms with van der Waals surface area (Å²) in [5, 5.41) is 15.9. The lowest BCUT2D eigenvalue weighted by molar-refractivity contribution is -0.384. The molecule has 0 saturated carbocycles. The van der Waals surface area contributed by atoms with Crippen LogP contribution in [0, 0.1) is 10.1 Å². The third-order valence-electron chi connectivity index (χ3n) is 2.14. The third-order valence-corrected chi connectivity index (χ3v) is 4.28. The van der Waals surface area contributed by atoms with Crippen molar-refractivity contribution in [3.8, 4) is 0 Å². The highest BCUT2D eigenvalue weighted by Gasteiger charge is 2.15. The molecule has 0 saturated heterocycles. The van der Waals surface area contributed by atoms with Crippen LogP contribution >= 0.6 is 38.9 Å². The molecular formula is C10H7BrClN3O2S. The summed E-state index contributed by atoms with van der Waals surface area (Å²) in [5.41, 5.74) is -0.0907. The second-order valence-corrected chi connectivity index (χ2v) is 5.55. The molecule has 8 heteroatoms. The van der Waals surface area contributed by atoms with E-state index in [1.165, 1.54) is 12.1 Å². The Morgan fingerprint density at radius 2 is 2.28 bits per heavy atom. The molecule has 0 amide bonds. The minimum atomic E-state index is -0.491. The van der Waals surface area contributed by atoms with Crippen molar-refractivity contribution in [3.05, 3.63) is 48.2 Å². The van der Waals surface area contributed by atoms with Crippen LogP contribution < -0.4 is 5.32 Å². The van der Waals surface area contributed by atoms with E-state index in [-0.39, 0.29) is 16.7 Å². The van der Waals surface area contributed by atoms with Crippen LogP contribution in [0.25, 0.3) is 0 Å². The highest BCUT2D eigenvalue weighted by atomic mass is 79.9. The van der Waals surface area contributed by atoms with Crippen LogP contribution in [-0.4, -0.2) is 9.91 Å². The molecule has 2 heterocycles. The fourth-order valence-electron chi connectivity index (χ4n) is 1.32. The van der Waals surface area contributed by atoms with Crippen LogP contribution in [0.1, 0.15) is 4.88 Å². The summed E-state index contributed by atoms with van der Waals surface area (Å²) in [5.74, 6) is 0.174. The fourth-order valence-corrected chi connectivity index (χ4v) is 2.90. The first-order valence-electron chi connectivity index (χ1n) is 4.84. The Balaban J connectivity index is 2.20. The maximum absolute atomic E-state index is 10.8. The van der Waals surface area contributed by atoms with Gasteiger partial charge in [0.05, 0.1) is 11.5 Å². The Morgan fingerprint density at radius 3 is 2.89 bits per heavy atom. The van der Waals surface area contributed by atoms with Gasteiger partial charge in [-0.15, -0.1) is 11.3 Å². The number of nitro groups is 1. The average molecular weight is 349 g/mol. The van der Waals surface area contributed by atoms with Crippen LogP contribution in [0.5, 0.6) is 0 Å². The molecule has 0 spiro atoms. The Hall–Kier alpha value is -1.18. The van der Waals surface area contributed by atoms with Crippen molar-refractivity contribution in [1.29, 1.82) is 0 Å².